The second kappa shape index (κ2) is 6.48. The first kappa shape index (κ1) is 15.6. The molecule has 22 heavy (non-hydrogen) atoms. The van der Waals surface area contributed by atoms with Crippen LogP contribution >= 0.6 is 22.7 Å². The molecule has 2 aromatic rings. The molecule has 0 saturated heterocycles. The molecule has 118 valence electrons. The molecule has 4 nitrogen and oxygen atoms in total. The van der Waals surface area contributed by atoms with E-state index in [9.17, 15) is 9.90 Å². The van der Waals surface area contributed by atoms with Crippen molar-refractivity contribution in [3.63, 3.8) is 0 Å². The number of nitrogens with zero attached hydrogens (tertiary/aromatic N) is 2. The van der Waals surface area contributed by atoms with Crippen molar-refractivity contribution in [1.29, 1.82) is 0 Å². The van der Waals surface area contributed by atoms with Gasteiger partial charge < -0.3 is 10.0 Å². The average molecular weight is 336 g/mol. The fourth-order valence-corrected chi connectivity index (χ4v) is 4.55. The van der Waals surface area contributed by atoms with Gasteiger partial charge in [0.25, 0.3) is 0 Å². The van der Waals surface area contributed by atoms with Gasteiger partial charge in [-0.25, -0.2) is 4.98 Å². The fourth-order valence-electron chi connectivity index (χ4n) is 2.91. The van der Waals surface area contributed by atoms with Crippen LogP contribution in [0.25, 0.3) is 9.88 Å². The third-order valence-corrected chi connectivity index (χ3v) is 6.04. The van der Waals surface area contributed by atoms with Gasteiger partial charge in [-0.2, -0.15) is 0 Å². The molecule has 0 bridgehead atoms. The Hall–Kier alpha value is -1.24. The van der Waals surface area contributed by atoms with Crippen molar-refractivity contribution in [2.24, 2.45) is 0 Å². The largest absolute Gasteiger partial charge is 0.388 e. The van der Waals surface area contributed by atoms with E-state index in [1.807, 2.05) is 22.9 Å². The molecule has 1 aliphatic rings. The highest BCUT2D eigenvalue weighted by molar-refractivity contribution is 7.20. The molecule has 2 heterocycles. The van der Waals surface area contributed by atoms with Gasteiger partial charge in [-0.1, -0.05) is 18.9 Å². The Labute approximate surface area is 138 Å². The summed E-state index contributed by atoms with van der Waals surface area (Å²) in [5.41, 5.74) is 0.123. The van der Waals surface area contributed by atoms with E-state index in [-0.39, 0.29) is 5.91 Å². The zero-order valence-corrected chi connectivity index (χ0v) is 14.3. The van der Waals surface area contributed by atoms with Gasteiger partial charge in [0.05, 0.1) is 22.6 Å². The third-order valence-electron chi connectivity index (χ3n) is 4.11. The molecule has 1 amide bonds. The number of carbonyl (C=O) groups is 1. The number of rotatable bonds is 5. The summed E-state index contributed by atoms with van der Waals surface area (Å²) in [6, 6.07) is 4.04. The first-order valence-electron chi connectivity index (χ1n) is 7.50. The minimum atomic E-state index is -0.686. The van der Waals surface area contributed by atoms with Gasteiger partial charge >= 0.3 is 0 Å². The predicted molar refractivity (Wildman–Crippen MR) is 90.2 cm³/mol. The number of carbonyl (C=O) groups excluding carboxylic acids is 1. The van der Waals surface area contributed by atoms with Gasteiger partial charge in [0.1, 0.15) is 5.01 Å². The quantitative estimate of drug-likeness (QED) is 0.912. The van der Waals surface area contributed by atoms with Gasteiger partial charge in [-0.15, -0.1) is 22.7 Å². The van der Waals surface area contributed by atoms with Gasteiger partial charge in [-0.3, -0.25) is 4.79 Å². The van der Waals surface area contributed by atoms with E-state index in [1.165, 1.54) is 0 Å². The average Bonchev–Trinajstić information content (AvgIpc) is 3.19. The van der Waals surface area contributed by atoms with Crippen molar-refractivity contribution in [1.82, 2.24) is 9.88 Å². The van der Waals surface area contributed by atoms with E-state index in [2.05, 4.69) is 4.98 Å². The molecule has 0 atom stereocenters. The molecule has 0 spiro atoms. The molecule has 1 N–H and O–H groups in total. The Kier molecular flexibility index (Phi) is 4.61. The van der Waals surface area contributed by atoms with E-state index < -0.39 is 5.60 Å². The lowest BCUT2D eigenvalue weighted by Crippen LogP contribution is -2.42. The molecule has 0 radical (unpaired) electrons. The Morgan fingerprint density at radius 3 is 2.86 bits per heavy atom. The van der Waals surface area contributed by atoms with Crippen LogP contribution in [0.1, 0.15) is 31.4 Å². The maximum absolute atomic E-state index is 12.3. The summed E-state index contributed by atoms with van der Waals surface area (Å²) in [6.45, 7) is 0.424. The lowest BCUT2D eigenvalue weighted by atomic mass is 10.0. The van der Waals surface area contributed by atoms with Gasteiger partial charge in [0.2, 0.25) is 5.91 Å². The normalized spacial score (nSPS) is 16.8. The van der Waals surface area contributed by atoms with E-state index in [4.69, 9.17) is 0 Å². The summed E-state index contributed by atoms with van der Waals surface area (Å²) in [4.78, 5) is 19.6. The predicted octanol–water partition coefficient (Wildman–Crippen LogP) is 3.18. The maximum atomic E-state index is 12.3. The zero-order valence-electron chi connectivity index (χ0n) is 12.6. The molecule has 0 unspecified atom stereocenters. The van der Waals surface area contributed by atoms with Crippen LogP contribution in [0.5, 0.6) is 0 Å². The zero-order chi connectivity index (χ0) is 15.6. The van der Waals surface area contributed by atoms with Gasteiger partial charge in [0.15, 0.2) is 0 Å². The van der Waals surface area contributed by atoms with Crippen LogP contribution in [-0.2, 0) is 11.2 Å². The smallest absolute Gasteiger partial charge is 0.228 e. The highest BCUT2D eigenvalue weighted by atomic mass is 32.1. The molecule has 3 rings (SSSR count). The summed E-state index contributed by atoms with van der Waals surface area (Å²) >= 11 is 3.23. The SMILES string of the molecule is CN(CC1(O)CCCC1)C(=O)Cc1csc(-c2cccs2)n1. The number of aromatic nitrogens is 1. The monoisotopic (exact) mass is 336 g/mol. The number of likely N-dealkylation sites (N-methyl/N-ethyl adjacent to an activating group) is 1. The molecule has 1 saturated carbocycles. The van der Waals surface area contributed by atoms with E-state index in [0.717, 1.165) is 41.3 Å². The van der Waals surface area contributed by atoms with Crippen molar-refractivity contribution in [2.75, 3.05) is 13.6 Å². The lowest BCUT2D eigenvalue weighted by molar-refractivity contribution is -0.132. The first-order chi connectivity index (χ1) is 10.6. The number of hydrogen-bond donors (Lipinski definition) is 1. The number of amides is 1. The van der Waals surface area contributed by atoms with Crippen LogP contribution < -0.4 is 0 Å². The van der Waals surface area contributed by atoms with Crippen molar-refractivity contribution in [3.05, 3.63) is 28.6 Å². The summed E-state index contributed by atoms with van der Waals surface area (Å²) < 4.78 is 0. The molecule has 6 heteroatoms. The Morgan fingerprint density at radius 2 is 2.18 bits per heavy atom. The molecular formula is C16H20N2O2S2. The fraction of sp³-hybridized carbons (Fsp3) is 0.500. The Morgan fingerprint density at radius 1 is 1.41 bits per heavy atom. The van der Waals surface area contributed by atoms with Crippen LogP contribution in [0, 0.1) is 0 Å². The van der Waals surface area contributed by atoms with Crippen LogP contribution in [0.15, 0.2) is 22.9 Å². The van der Waals surface area contributed by atoms with Crippen LogP contribution in [0.4, 0.5) is 0 Å². The third kappa shape index (κ3) is 3.56. The topological polar surface area (TPSA) is 53.4 Å². The Balaban J connectivity index is 1.59. The minimum absolute atomic E-state index is 0.0170. The highest BCUT2D eigenvalue weighted by Gasteiger charge is 2.33. The summed E-state index contributed by atoms with van der Waals surface area (Å²) in [5, 5.41) is 15.3. The minimum Gasteiger partial charge on any atom is -0.388 e. The molecule has 1 aliphatic carbocycles. The van der Waals surface area contributed by atoms with E-state index >= 15 is 0 Å². The van der Waals surface area contributed by atoms with Crippen LogP contribution in [0.2, 0.25) is 0 Å². The van der Waals surface area contributed by atoms with E-state index in [1.54, 1.807) is 34.6 Å². The van der Waals surface area contributed by atoms with Crippen molar-refractivity contribution in [3.8, 4) is 9.88 Å². The number of thiazole rings is 1. The van der Waals surface area contributed by atoms with Crippen molar-refractivity contribution in [2.45, 2.75) is 37.7 Å². The standard InChI is InChI=1S/C16H20N2O2S2/c1-18(11-16(20)6-2-3-7-16)14(19)9-12-10-22-15(17-12)13-5-4-8-21-13/h4-5,8,10,20H,2-3,6-7,9,11H2,1H3. The number of thiophene rings is 1. The number of aliphatic hydroxyl groups is 1. The van der Waals surface area contributed by atoms with Crippen molar-refractivity contribution >= 4 is 28.6 Å². The summed E-state index contributed by atoms with van der Waals surface area (Å²) in [5.74, 6) is 0.0170. The van der Waals surface area contributed by atoms with Gasteiger partial charge in [0, 0.05) is 19.0 Å². The summed E-state index contributed by atoms with van der Waals surface area (Å²) in [7, 11) is 1.77. The van der Waals surface area contributed by atoms with E-state index in [0.29, 0.717) is 13.0 Å². The molecule has 2 aromatic heterocycles. The highest BCUT2D eigenvalue weighted by Crippen LogP contribution is 2.30. The second-order valence-electron chi connectivity index (χ2n) is 5.98. The molecule has 1 fully saturated rings. The Bertz CT molecular complexity index is 630. The van der Waals surface area contributed by atoms with Crippen LogP contribution in [0.3, 0.4) is 0 Å². The molecule has 0 aliphatic heterocycles. The molecular weight excluding hydrogens is 316 g/mol. The first-order valence-corrected chi connectivity index (χ1v) is 9.26. The van der Waals surface area contributed by atoms with Crippen LogP contribution in [-0.4, -0.2) is 40.1 Å². The van der Waals surface area contributed by atoms with Crippen molar-refractivity contribution < 1.29 is 9.90 Å². The summed E-state index contributed by atoms with van der Waals surface area (Å²) in [6.07, 6.45) is 3.99. The maximum Gasteiger partial charge on any atom is 0.228 e. The number of hydrogen-bond acceptors (Lipinski definition) is 5. The van der Waals surface area contributed by atoms with Gasteiger partial charge in [-0.05, 0) is 24.3 Å². The second-order valence-corrected chi connectivity index (χ2v) is 7.79. The molecule has 0 aromatic carbocycles. The lowest BCUT2D eigenvalue weighted by Gasteiger charge is -2.28.